The summed E-state index contributed by atoms with van der Waals surface area (Å²) in [5, 5.41) is 4.15. The van der Waals surface area contributed by atoms with Gasteiger partial charge in [0.15, 0.2) is 0 Å². The first-order chi connectivity index (χ1) is 9.66. The molecular formula is C15H15ClN2OS. The maximum Gasteiger partial charge on any atom is 0.230 e. The number of pyridine rings is 1. The van der Waals surface area contributed by atoms with Crippen LogP contribution in [-0.2, 0) is 11.3 Å². The third-order valence-corrected chi connectivity index (χ3v) is 4.22. The van der Waals surface area contributed by atoms with E-state index in [1.807, 2.05) is 31.2 Å². The topological polar surface area (TPSA) is 42.0 Å². The van der Waals surface area contributed by atoms with Crippen molar-refractivity contribution in [1.29, 1.82) is 0 Å². The second kappa shape index (κ2) is 7.31. The highest BCUT2D eigenvalue weighted by molar-refractivity contribution is 8.00. The highest BCUT2D eigenvalue weighted by Gasteiger charge is 2.07. The van der Waals surface area contributed by atoms with Gasteiger partial charge in [0.25, 0.3) is 0 Å². The maximum absolute atomic E-state index is 11.8. The van der Waals surface area contributed by atoms with Crippen LogP contribution in [0.3, 0.4) is 0 Å². The molecule has 20 heavy (non-hydrogen) atoms. The highest BCUT2D eigenvalue weighted by Crippen LogP contribution is 2.23. The summed E-state index contributed by atoms with van der Waals surface area (Å²) in [4.78, 5) is 15.9. The number of halogens is 1. The van der Waals surface area contributed by atoms with Gasteiger partial charge in [-0.1, -0.05) is 47.6 Å². The van der Waals surface area contributed by atoms with Crippen LogP contribution in [0.1, 0.15) is 11.1 Å². The second-order valence-corrected chi connectivity index (χ2v) is 5.65. The number of nitrogens with zero attached hydrogens (tertiary/aromatic N) is 1. The lowest BCUT2D eigenvalue weighted by Gasteiger charge is -2.08. The van der Waals surface area contributed by atoms with Gasteiger partial charge in [-0.3, -0.25) is 4.79 Å². The largest absolute Gasteiger partial charge is 0.351 e. The van der Waals surface area contributed by atoms with E-state index in [1.54, 1.807) is 18.3 Å². The van der Waals surface area contributed by atoms with E-state index in [1.165, 1.54) is 17.3 Å². The van der Waals surface area contributed by atoms with Crippen LogP contribution in [0, 0.1) is 6.92 Å². The van der Waals surface area contributed by atoms with Crippen molar-refractivity contribution >= 4 is 29.3 Å². The standard InChI is InChI=1S/C15H15ClN2OS/c1-11-5-2-3-6-12(11)9-18-14(19)10-20-15-13(16)7-4-8-17-15/h2-8H,9-10H2,1H3,(H,18,19). The van der Waals surface area contributed by atoms with E-state index in [0.717, 1.165) is 5.56 Å². The predicted molar refractivity (Wildman–Crippen MR) is 83.0 cm³/mol. The van der Waals surface area contributed by atoms with Crippen LogP contribution in [-0.4, -0.2) is 16.6 Å². The molecule has 1 aromatic carbocycles. The molecule has 0 spiro atoms. The van der Waals surface area contributed by atoms with Gasteiger partial charge in [-0.2, -0.15) is 0 Å². The number of nitrogens with one attached hydrogen (secondary N) is 1. The third-order valence-electron chi connectivity index (χ3n) is 2.80. The van der Waals surface area contributed by atoms with Gasteiger partial charge in [-0.05, 0) is 30.2 Å². The van der Waals surface area contributed by atoms with Crippen molar-refractivity contribution in [1.82, 2.24) is 10.3 Å². The van der Waals surface area contributed by atoms with Crippen LogP contribution in [0.25, 0.3) is 0 Å². The van der Waals surface area contributed by atoms with Crippen LogP contribution >= 0.6 is 23.4 Å². The summed E-state index contributed by atoms with van der Waals surface area (Å²) < 4.78 is 0. The van der Waals surface area contributed by atoms with Gasteiger partial charge in [-0.25, -0.2) is 4.98 Å². The number of aromatic nitrogens is 1. The molecule has 0 unspecified atom stereocenters. The Labute approximate surface area is 127 Å². The Balaban J connectivity index is 1.82. The molecule has 0 radical (unpaired) electrons. The maximum atomic E-state index is 11.8. The average molecular weight is 307 g/mol. The number of carbonyl (C=O) groups excluding carboxylic acids is 1. The van der Waals surface area contributed by atoms with E-state index in [2.05, 4.69) is 10.3 Å². The van der Waals surface area contributed by atoms with Crippen LogP contribution < -0.4 is 5.32 Å². The number of hydrogen-bond acceptors (Lipinski definition) is 3. The van der Waals surface area contributed by atoms with Gasteiger partial charge in [0.1, 0.15) is 5.03 Å². The molecule has 0 saturated carbocycles. The second-order valence-electron chi connectivity index (χ2n) is 4.28. The highest BCUT2D eigenvalue weighted by atomic mass is 35.5. The molecule has 0 atom stereocenters. The van der Waals surface area contributed by atoms with Gasteiger partial charge in [0.05, 0.1) is 10.8 Å². The molecule has 3 nitrogen and oxygen atoms in total. The minimum Gasteiger partial charge on any atom is -0.351 e. The summed E-state index contributed by atoms with van der Waals surface area (Å²) in [7, 11) is 0. The summed E-state index contributed by atoms with van der Waals surface area (Å²) in [5.41, 5.74) is 2.30. The SMILES string of the molecule is Cc1ccccc1CNC(=O)CSc1ncccc1Cl. The van der Waals surface area contributed by atoms with Crippen LogP contribution in [0.15, 0.2) is 47.6 Å². The minimum atomic E-state index is -0.0278. The molecule has 0 aliphatic rings. The first-order valence-corrected chi connectivity index (χ1v) is 7.57. The summed E-state index contributed by atoms with van der Waals surface area (Å²) in [5.74, 6) is 0.280. The lowest BCUT2D eigenvalue weighted by Crippen LogP contribution is -2.24. The molecule has 1 aromatic heterocycles. The number of aryl methyl sites for hydroxylation is 1. The molecule has 0 aliphatic heterocycles. The van der Waals surface area contributed by atoms with E-state index in [4.69, 9.17) is 11.6 Å². The number of hydrogen-bond donors (Lipinski definition) is 1. The minimum absolute atomic E-state index is 0.0278. The summed E-state index contributed by atoms with van der Waals surface area (Å²) in [6.45, 7) is 2.58. The number of benzene rings is 1. The van der Waals surface area contributed by atoms with Gasteiger partial charge in [-0.15, -0.1) is 0 Å². The Morgan fingerprint density at radius 3 is 2.85 bits per heavy atom. The van der Waals surface area contributed by atoms with Gasteiger partial charge in [0, 0.05) is 12.7 Å². The number of carbonyl (C=O) groups is 1. The smallest absolute Gasteiger partial charge is 0.230 e. The Morgan fingerprint density at radius 2 is 2.10 bits per heavy atom. The van der Waals surface area contributed by atoms with Crippen molar-refractivity contribution in [3.8, 4) is 0 Å². The zero-order valence-electron chi connectivity index (χ0n) is 11.1. The fourth-order valence-electron chi connectivity index (χ4n) is 1.66. The zero-order chi connectivity index (χ0) is 14.4. The first kappa shape index (κ1) is 14.9. The van der Waals surface area contributed by atoms with E-state index >= 15 is 0 Å². The lowest BCUT2D eigenvalue weighted by molar-refractivity contribution is -0.118. The number of thioether (sulfide) groups is 1. The fourth-order valence-corrected chi connectivity index (χ4v) is 2.66. The Hall–Kier alpha value is -1.52. The molecule has 0 bridgehead atoms. The van der Waals surface area contributed by atoms with E-state index in [9.17, 15) is 4.79 Å². The molecule has 1 heterocycles. The number of rotatable bonds is 5. The van der Waals surface area contributed by atoms with Crippen molar-refractivity contribution in [2.75, 3.05) is 5.75 Å². The number of amides is 1. The Bertz CT molecular complexity index is 552. The van der Waals surface area contributed by atoms with Crippen molar-refractivity contribution in [3.05, 3.63) is 58.7 Å². The summed E-state index contributed by atoms with van der Waals surface area (Å²) in [6.07, 6.45) is 1.67. The van der Waals surface area contributed by atoms with Gasteiger partial charge < -0.3 is 5.32 Å². The monoisotopic (exact) mass is 306 g/mol. The van der Waals surface area contributed by atoms with Crippen molar-refractivity contribution in [2.24, 2.45) is 0 Å². The molecule has 2 aromatic rings. The zero-order valence-corrected chi connectivity index (χ0v) is 12.7. The summed E-state index contributed by atoms with van der Waals surface area (Å²) >= 11 is 7.33. The molecule has 104 valence electrons. The molecule has 0 saturated heterocycles. The molecule has 1 N–H and O–H groups in total. The van der Waals surface area contributed by atoms with Gasteiger partial charge in [0.2, 0.25) is 5.91 Å². The van der Waals surface area contributed by atoms with Crippen molar-refractivity contribution in [3.63, 3.8) is 0 Å². The molecular weight excluding hydrogens is 292 g/mol. The normalized spacial score (nSPS) is 10.3. The van der Waals surface area contributed by atoms with E-state index in [0.29, 0.717) is 22.3 Å². The van der Waals surface area contributed by atoms with E-state index < -0.39 is 0 Å². The predicted octanol–water partition coefficient (Wildman–Crippen LogP) is 3.45. The van der Waals surface area contributed by atoms with Crippen LogP contribution in [0.2, 0.25) is 5.02 Å². The van der Waals surface area contributed by atoms with Crippen molar-refractivity contribution in [2.45, 2.75) is 18.5 Å². The molecule has 5 heteroatoms. The first-order valence-electron chi connectivity index (χ1n) is 6.21. The molecule has 2 rings (SSSR count). The van der Waals surface area contributed by atoms with E-state index in [-0.39, 0.29) is 5.91 Å². The Morgan fingerprint density at radius 1 is 1.30 bits per heavy atom. The molecule has 0 aliphatic carbocycles. The third kappa shape index (κ3) is 4.25. The Kier molecular flexibility index (Phi) is 5.44. The summed E-state index contributed by atoms with van der Waals surface area (Å²) in [6, 6.07) is 11.5. The van der Waals surface area contributed by atoms with Crippen LogP contribution in [0.5, 0.6) is 0 Å². The average Bonchev–Trinajstić information content (AvgIpc) is 2.45. The molecule has 1 amide bonds. The van der Waals surface area contributed by atoms with Crippen LogP contribution in [0.4, 0.5) is 0 Å². The fraction of sp³-hybridized carbons (Fsp3) is 0.200. The lowest BCUT2D eigenvalue weighted by atomic mass is 10.1. The van der Waals surface area contributed by atoms with Gasteiger partial charge >= 0.3 is 0 Å². The quantitative estimate of drug-likeness (QED) is 0.860. The molecule has 0 fully saturated rings. The van der Waals surface area contributed by atoms with Crippen molar-refractivity contribution < 1.29 is 4.79 Å².